The van der Waals surface area contributed by atoms with Crippen molar-refractivity contribution in [3.05, 3.63) is 17.5 Å². The van der Waals surface area contributed by atoms with Crippen LogP contribution in [0.3, 0.4) is 0 Å². The molecule has 3 heterocycles. The molecule has 2 saturated heterocycles. The Labute approximate surface area is 169 Å². The molecule has 6 heteroatoms. The highest BCUT2D eigenvalue weighted by Crippen LogP contribution is 2.25. The first-order valence-corrected chi connectivity index (χ1v) is 11.4. The van der Waals surface area contributed by atoms with Crippen molar-refractivity contribution < 1.29 is 0 Å². The van der Waals surface area contributed by atoms with Gasteiger partial charge in [0.1, 0.15) is 0 Å². The monoisotopic (exact) mass is 391 g/mol. The van der Waals surface area contributed by atoms with Gasteiger partial charge >= 0.3 is 0 Å². The molecule has 0 aromatic carbocycles. The van der Waals surface area contributed by atoms with Gasteiger partial charge in [-0.15, -0.1) is 11.3 Å². The van der Waals surface area contributed by atoms with Crippen LogP contribution in [0.1, 0.15) is 46.5 Å². The van der Waals surface area contributed by atoms with Gasteiger partial charge < -0.3 is 15.5 Å². The fraction of sp³-hybridized carbons (Fsp3) is 0.762. The van der Waals surface area contributed by atoms with Crippen molar-refractivity contribution in [3.8, 4) is 0 Å². The number of likely N-dealkylation sites (tertiary alicyclic amines) is 1. The highest BCUT2D eigenvalue weighted by Gasteiger charge is 2.30. The number of guanidine groups is 1. The summed E-state index contributed by atoms with van der Waals surface area (Å²) in [5, 5.41) is 10.8. The summed E-state index contributed by atoms with van der Waals surface area (Å²) in [7, 11) is 1.88. The lowest BCUT2D eigenvalue weighted by Gasteiger charge is -2.43. The van der Waals surface area contributed by atoms with Crippen molar-refractivity contribution >= 4 is 22.3 Å². The summed E-state index contributed by atoms with van der Waals surface area (Å²) in [5.41, 5.74) is 0.148. The van der Waals surface area contributed by atoms with Crippen LogP contribution in [0.25, 0.3) is 0 Å². The molecule has 1 aromatic heterocycles. The zero-order valence-electron chi connectivity index (χ0n) is 17.5. The normalized spacial score (nSPS) is 23.5. The van der Waals surface area contributed by atoms with Crippen LogP contribution >= 0.6 is 11.3 Å². The molecule has 1 aromatic rings. The molecule has 152 valence electrons. The maximum absolute atomic E-state index is 4.48. The lowest BCUT2D eigenvalue weighted by atomic mass is 9.93. The predicted molar refractivity (Wildman–Crippen MR) is 118 cm³/mol. The van der Waals surface area contributed by atoms with Crippen molar-refractivity contribution in [3.63, 3.8) is 0 Å². The predicted octanol–water partition coefficient (Wildman–Crippen LogP) is 3.39. The van der Waals surface area contributed by atoms with E-state index in [1.807, 2.05) is 18.4 Å². The summed E-state index contributed by atoms with van der Waals surface area (Å²) in [6.45, 7) is 12.7. The average Bonchev–Trinajstić information content (AvgIpc) is 3.20. The number of piperidine rings is 2. The van der Waals surface area contributed by atoms with Gasteiger partial charge in [0, 0.05) is 44.8 Å². The number of hydrogen-bond donors (Lipinski definition) is 2. The maximum Gasteiger partial charge on any atom is 0.191 e. The van der Waals surface area contributed by atoms with E-state index >= 15 is 0 Å². The Kier molecular flexibility index (Phi) is 7.04. The summed E-state index contributed by atoms with van der Waals surface area (Å²) in [6.07, 6.45) is 5.01. The van der Waals surface area contributed by atoms with Crippen LogP contribution in [-0.2, 0) is 0 Å². The first-order chi connectivity index (χ1) is 13.0. The SMILES string of the molecule is CN=C(NCC(C)(C)N1CCCC(C)C1)NC1CCN(c2cccs2)CC1. The molecule has 0 amide bonds. The van der Waals surface area contributed by atoms with Gasteiger partial charge in [-0.1, -0.05) is 6.92 Å². The van der Waals surface area contributed by atoms with E-state index in [0.29, 0.717) is 6.04 Å². The number of rotatable bonds is 5. The molecule has 2 aliphatic rings. The molecule has 27 heavy (non-hydrogen) atoms. The van der Waals surface area contributed by atoms with Crippen molar-refractivity contribution in [1.29, 1.82) is 0 Å². The van der Waals surface area contributed by atoms with Crippen LogP contribution in [0.15, 0.2) is 22.5 Å². The molecular weight excluding hydrogens is 354 g/mol. The second-order valence-corrected chi connectivity index (χ2v) is 9.71. The van der Waals surface area contributed by atoms with Gasteiger partial charge in [-0.3, -0.25) is 9.89 Å². The molecular formula is C21H37N5S. The van der Waals surface area contributed by atoms with Gasteiger partial charge in [-0.25, -0.2) is 0 Å². The quantitative estimate of drug-likeness (QED) is 0.596. The van der Waals surface area contributed by atoms with E-state index in [9.17, 15) is 0 Å². The highest BCUT2D eigenvalue weighted by molar-refractivity contribution is 7.14. The standard InChI is InChI=1S/C21H37N5S/c1-17-7-5-11-26(15-17)21(2,3)16-23-20(22-4)24-18-9-12-25(13-10-18)19-8-6-14-27-19/h6,8,14,17-18H,5,7,9-13,15-16H2,1-4H3,(H2,22,23,24). The Morgan fingerprint density at radius 3 is 2.67 bits per heavy atom. The number of nitrogens with zero attached hydrogens (tertiary/aromatic N) is 3. The van der Waals surface area contributed by atoms with Gasteiger partial charge in [0.25, 0.3) is 0 Å². The molecule has 5 nitrogen and oxygen atoms in total. The van der Waals surface area contributed by atoms with E-state index in [0.717, 1.165) is 44.4 Å². The average molecular weight is 392 g/mol. The number of aliphatic imine (C=N–C) groups is 1. The summed E-state index contributed by atoms with van der Waals surface area (Å²) in [5.74, 6) is 1.76. The summed E-state index contributed by atoms with van der Waals surface area (Å²) in [6, 6.07) is 4.87. The lowest BCUT2D eigenvalue weighted by molar-refractivity contribution is 0.0739. The maximum atomic E-state index is 4.48. The van der Waals surface area contributed by atoms with E-state index in [-0.39, 0.29) is 5.54 Å². The van der Waals surface area contributed by atoms with Gasteiger partial charge in [0.05, 0.1) is 5.00 Å². The largest absolute Gasteiger partial charge is 0.363 e. The van der Waals surface area contributed by atoms with Crippen molar-refractivity contribution in [2.75, 3.05) is 44.7 Å². The first-order valence-electron chi connectivity index (χ1n) is 10.5. The summed E-state index contributed by atoms with van der Waals surface area (Å²) < 4.78 is 0. The van der Waals surface area contributed by atoms with E-state index in [1.165, 1.54) is 30.9 Å². The van der Waals surface area contributed by atoms with Crippen LogP contribution in [0.4, 0.5) is 5.00 Å². The molecule has 1 atom stereocenters. The van der Waals surface area contributed by atoms with Crippen LogP contribution in [0.5, 0.6) is 0 Å². The van der Waals surface area contributed by atoms with Gasteiger partial charge in [-0.2, -0.15) is 0 Å². The Hall–Kier alpha value is -1.27. The van der Waals surface area contributed by atoms with E-state index < -0.39 is 0 Å². The molecule has 2 fully saturated rings. The van der Waals surface area contributed by atoms with E-state index in [2.05, 4.69) is 63.7 Å². The number of anilines is 1. The van der Waals surface area contributed by atoms with Crippen LogP contribution in [0, 0.1) is 5.92 Å². The van der Waals surface area contributed by atoms with Crippen molar-refractivity contribution in [2.45, 2.75) is 58.0 Å². The summed E-state index contributed by atoms with van der Waals surface area (Å²) in [4.78, 5) is 9.62. The van der Waals surface area contributed by atoms with E-state index in [4.69, 9.17) is 0 Å². The molecule has 0 saturated carbocycles. The van der Waals surface area contributed by atoms with Crippen LogP contribution in [0.2, 0.25) is 0 Å². The van der Waals surface area contributed by atoms with Crippen molar-refractivity contribution in [1.82, 2.24) is 15.5 Å². The fourth-order valence-corrected chi connectivity index (χ4v) is 5.02. The molecule has 0 aliphatic carbocycles. The third kappa shape index (κ3) is 5.61. The molecule has 3 rings (SSSR count). The molecule has 2 aliphatic heterocycles. The molecule has 2 N–H and O–H groups in total. The van der Waals surface area contributed by atoms with E-state index in [1.54, 1.807) is 0 Å². The molecule has 1 unspecified atom stereocenters. The minimum absolute atomic E-state index is 0.148. The first kappa shape index (κ1) is 20.5. The Balaban J connectivity index is 1.44. The Morgan fingerprint density at radius 1 is 1.26 bits per heavy atom. The van der Waals surface area contributed by atoms with Gasteiger partial charge in [0.15, 0.2) is 5.96 Å². The second kappa shape index (κ2) is 9.28. The van der Waals surface area contributed by atoms with Crippen molar-refractivity contribution in [2.24, 2.45) is 10.9 Å². The highest BCUT2D eigenvalue weighted by atomic mass is 32.1. The fourth-order valence-electron chi connectivity index (χ4n) is 4.23. The zero-order valence-corrected chi connectivity index (χ0v) is 18.3. The summed E-state index contributed by atoms with van der Waals surface area (Å²) >= 11 is 1.84. The zero-order chi connectivity index (χ0) is 19.3. The van der Waals surface area contributed by atoms with Gasteiger partial charge in [0.2, 0.25) is 0 Å². The Bertz CT molecular complexity index is 590. The topological polar surface area (TPSA) is 42.9 Å². The second-order valence-electron chi connectivity index (χ2n) is 8.79. The smallest absolute Gasteiger partial charge is 0.191 e. The minimum atomic E-state index is 0.148. The van der Waals surface area contributed by atoms with Gasteiger partial charge in [-0.05, 0) is 69.5 Å². The molecule has 0 spiro atoms. The molecule has 0 bridgehead atoms. The Morgan fingerprint density at radius 2 is 2.04 bits per heavy atom. The number of thiophene rings is 1. The third-order valence-electron chi connectivity index (χ3n) is 6.08. The third-order valence-corrected chi connectivity index (χ3v) is 7.01. The molecule has 0 radical (unpaired) electrons. The number of nitrogens with one attached hydrogen (secondary N) is 2. The van der Waals surface area contributed by atoms with Crippen LogP contribution < -0.4 is 15.5 Å². The minimum Gasteiger partial charge on any atom is -0.363 e. The number of hydrogen-bond acceptors (Lipinski definition) is 4. The van der Waals surface area contributed by atoms with Crippen LogP contribution in [-0.4, -0.2) is 62.2 Å². The lowest BCUT2D eigenvalue weighted by Crippen LogP contribution is -2.57.